The van der Waals surface area contributed by atoms with Crippen LogP contribution in [0.1, 0.15) is 17.3 Å². The summed E-state index contributed by atoms with van der Waals surface area (Å²) in [5, 5.41) is -0.0116. The van der Waals surface area contributed by atoms with Crippen molar-refractivity contribution in [2.45, 2.75) is 17.9 Å². The molecule has 0 aliphatic carbocycles. The molecule has 10 heteroatoms. The molecule has 0 bridgehead atoms. The van der Waals surface area contributed by atoms with Crippen LogP contribution >= 0.6 is 11.6 Å². The van der Waals surface area contributed by atoms with E-state index in [1.165, 1.54) is 26.2 Å². The van der Waals surface area contributed by atoms with Crippen molar-refractivity contribution in [2.24, 2.45) is 5.73 Å². The van der Waals surface area contributed by atoms with Gasteiger partial charge in [-0.05, 0) is 25.1 Å². The molecule has 0 fully saturated rings. The Hall–Kier alpha value is -1.68. The van der Waals surface area contributed by atoms with Crippen molar-refractivity contribution in [3.05, 3.63) is 28.8 Å². The van der Waals surface area contributed by atoms with Crippen molar-refractivity contribution in [1.82, 2.24) is 4.72 Å². The number of primary amides is 1. The summed E-state index contributed by atoms with van der Waals surface area (Å²) >= 11 is 5.88. The highest BCUT2D eigenvalue weighted by Gasteiger charge is 2.22. The van der Waals surface area contributed by atoms with Gasteiger partial charge in [-0.1, -0.05) is 11.6 Å². The quantitative estimate of drug-likeness (QED) is 0.504. The largest absolute Gasteiger partial charge is 0.449 e. The zero-order chi connectivity index (χ0) is 17.6. The van der Waals surface area contributed by atoms with Gasteiger partial charge in [0.2, 0.25) is 10.0 Å². The Bertz CT molecular complexity index is 692. The van der Waals surface area contributed by atoms with Crippen molar-refractivity contribution >= 4 is 33.5 Å². The molecule has 1 aromatic carbocycles. The van der Waals surface area contributed by atoms with Gasteiger partial charge in [0.15, 0.2) is 6.10 Å². The summed E-state index contributed by atoms with van der Waals surface area (Å²) in [6.45, 7) is 1.55. The lowest BCUT2D eigenvalue weighted by Crippen LogP contribution is -2.30. The molecule has 1 rings (SSSR count). The number of esters is 1. The van der Waals surface area contributed by atoms with E-state index in [1.807, 2.05) is 0 Å². The SMILES string of the molecule is COCCNS(=O)(=O)c1ccc(Cl)c(C(=O)O[C@H](C)C(N)=O)c1. The molecule has 1 amide bonds. The van der Waals surface area contributed by atoms with Crippen LogP contribution in [0, 0.1) is 0 Å². The number of ether oxygens (including phenoxy) is 2. The monoisotopic (exact) mass is 364 g/mol. The Labute approximate surface area is 138 Å². The maximum absolute atomic E-state index is 12.1. The normalized spacial score (nSPS) is 12.7. The molecule has 1 atom stereocenters. The van der Waals surface area contributed by atoms with E-state index in [0.29, 0.717) is 0 Å². The van der Waals surface area contributed by atoms with Crippen LogP contribution in [0.4, 0.5) is 0 Å². The van der Waals surface area contributed by atoms with E-state index in [1.54, 1.807) is 0 Å². The lowest BCUT2D eigenvalue weighted by Gasteiger charge is -2.12. The number of amides is 1. The second kappa shape index (κ2) is 8.25. The zero-order valence-corrected chi connectivity index (χ0v) is 14.1. The van der Waals surface area contributed by atoms with Crippen molar-refractivity contribution in [3.8, 4) is 0 Å². The summed E-state index contributed by atoms with van der Waals surface area (Å²) in [7, 11) is -2.40. The smallest absolute Gasteiger partial charge is 0.340 e. The van der Waals surface area contributed by atoms with Crippen LogP contribution in [0.3, 0.4) is 0 Å². The molecule has 0 heterocycles. The first-order valence-corrected chi connectivity index (χ1v) is 8.33. The van der Waals surface area contributed by atoms with Gasteiger partial charge in [0.1, 0.15) is 0 Å². The zero-order valence-electron chi connectivity index (χ0n) is 12.5. The number of sulfonamides is 1. The Morgan fingerprint density at radius 1 is 1.39 bits per heavy atom. The number of carbonyl (C=O) groups excluding carboxylic acids is 2. The molecule has 0 aromatic heterocycles. The van der Waals surface area contributed by atoms with Crippen LogP contribution in [0.25, 0.3) is 0 Å². The highest BCUT2D eigenvalue weighted by molar-refractivity contribution is 7.89. The second-order valence-corrected chi connectivity index (χ2v) is 6.66. The lowest BCUT2D eigenvalue weighted by atomic mass is 10.2. The standard InChI is InChI=1S/C13H17ClN2O6S/c1-8(12(15)17)22-13(18)10-7-9(3-4-11(10)14)23(19,20)16-5-6-21-2/h3-4,7-8,16H,5-6H2,1-2H3,(H2,15,17)/t8-/m1/s1. The predicted molar refractivity (Wildman–Crippen MR) is 82.6 cm³/mol. The van der Waals surface area contributed by atoms with E-state index >= 15 is 0 Å². The van der Waals surface area contributed by atoms with Gasteiger partial charge in [0.25, 0.3) is 5.91 Å². The molecular weight excluding hydrogens is 348 g/mol. The third-order valence-corrected chi connectivity index (χ3v) is 4.54. The van der Waals surface area contributed by atoms with Gasteiger partial charge in [-0.2, -0.15) is 0 Å². The minimum absolute atomic E-state index is 0.0116. The maximum atomic E-state index is 12.1. The minimum Gasteiger partial charge on any atom is -0.449 e. The van der Waals surface area contributed by atoms with E-state index < -0.39 is 28.0 Å². The molecule has 0 aliphatic heterocycles. The Balaban J connectivity index is 3.03. The van der Waals surface area contributed by atoms with Gasteiger partial charge in [-0.25, -0.2) is 17.9 Å². The van der Waals surface area contributed by atoms with Gasteiger partial charge in [-0.15, -0.1) is 0 Å². The van der Waals surface area contributed by atoms with Crippen LogP contribution in [-0.2, 0) is 24.3 Å². The molecule has 23 heavy (non-hydrogen) atoms. The number of carbonyl (C=O) groups is 2. The van der Waals surface area contributed by atoms with Crippen LogP contribution in [-0.4, -0.2) is 46.7 Å². The Kier molecular flexibility index (Phi) is 6.95. The van der Waals surface area contributed by atoms with E-state index in [0.717, 1.165) is 6.07 Å². The third-order valence-electron chi connectivity index (χ3n) is 2.75. The molecule has 8 nitrogen and oxygen atoms in total. The number of rotatable bonds is 8. The molecule has 0 aliphatic rings. The van der Waals surface area contributed by atoms with E-state index in [4.69, 9.17) is 26.8 Å². The summed E-state index contributed by atoms with van der Waals surface area (Å²) < 4.78 is 36.0. The Morgan fingerprint density at radius 2 is 2.04 bits per heavy atom. The fraction of sp³-hybridized carbons (Fsp3) is 0.385. The van der Waals surface area contributed by atoms with Crippen LogP contribution in [0.5, 0.6) is 0 Å². The molecule has 128 valence electrons. The van der Waals surface area contributed by atoms with Gasteiger partial charge in [0.05, 0.1) is 22.1 Å². The lowest BCUT2D eigenvalue weighted by molar-refractivity contribution is -0.125. The average molecular weight is 365 g/mol. The van der Waals surface area contributed by atoms with Crippen molar-refractivity contribution in [2.75, 3.05) is 20.3 Å². The average Bonchev–Trinajstić information content (AvgIpc) is 2.47. The molecule has 3 N–H and O–H groups in total. The number of hydrogen-bond donors (Lipinski definition) is 2. The van der Waals surface area contributed by atoms with E-state index in [-0.39, 0.29) is 28.6 Å². The van der Waals surface area contributed by atoms with Crippen molar-refractivity contribution in [1.29, 1.82) is 0 Å². The molecule has 0 spiro atoms. The first-order chi connectivity index (χ1) is 10.7. The summed E-state index contributed by atoms with van der Waals surface area (Å²) in [6, 6.07) is 3.55. The highest BCUT2D eigenvalue weighted by Crippen LogP contribution is 2.21. The Morgan fingerprint density at radius 3 is 2.61 bits per heavy atom. The molecule has 0 unspecified atom stereocenters. The third kappa shape index (κ3) is 5.47. The number of hydrogen-bond acceptors (Lipinski definition) is 6. The van der Waals surface area contributed by atoms with Crippen molar-refractivity contribution < 1.29 is 27.5 Å². The number of nitrogens with one attached hydrogen (secondary N) is 1. The topological polar surface area (TPSA) is 125 Å². The van der Waals surface area contributed by atoms with Gasteiger partial charge >= 0.3 is 5.97 Å². The van der Waals surface area contributed by atoms with E-state index in [9.17, 15) is 18.0 Å². The van der Waals surface area contributed by atoms with Crippen LogP contribution < -0.4 is 10.5 Å². The fourth-order valence-electron chi connectivity index (χ4n) is 1.47. The maximum Gasteiger partial charge on any atom is 0.340 e. The summed E-state index contributed by atoms with van der Waals surface area (Å²) in [5.74, 6) is -1.78. The highest BCUT2D eigenvalue weighted by atomic mass is 35.5. The summed E-state index contributed by atoms with van der Waals surface area (Å²) in [4.78, 5) is 22.7. The van der Waals surface area contributed by atoms with Crippen LogP contribution in [0.2, 0.25) is 5.02 Å². The molecule has 0 saturated carbocycles. The van der Waals surface area contributed by atoms with Crippen LogP contribution in [0.15, 0.2) is 23.1 Å². The van der Waals surface area contributed by atoms with Gasteiger partial charge in [0, 0.05) is 13.7 Å². The first kappa shape index (κ1) is 19.4. The predicted octanol–water partition coefficient (Wildman–Crippen LogP) is 0.295. The van der Waals surface area contributed by atoms with Gasteiger partial charge in [-0.3, -0.25) is 4.79 Å². The summed E-state index contributed by atoms with van der Waals surface area (Å²) in [5.41, 5.74) is 4.81. The van der Waals surface area contributed by atoms with Gasteiger partial charge < -0.3 is 15.2 Å². The first-order valence-electron chi connectivity index (χ1n) is 6.47. The minimum atomic E-state index is -3.84. The number of halogens is 1. The number of methoxy groups -OCH3 is 1. The molecule has 1 aromatic rings. The number of nitrogens with two attached hydrogens (primary N) is 1. The second-order valence-electron chi connectivity index (χ2n) is 4.48. The molecule has 0 saturated heterocycles. The fourth-order valence-corrected chi connectivity index (χ4v) is 2.71. The molecular formula is C13H17ClN2O6S. The van der Waals surface area contributed by atoms with Crippen molar-refractivity contribution in [3.63, 3.8) is 0 Å². The molecule has 0 radical (unpaired) electrons. The summed E-state index contributed by atoms with van der Waals surface area (Å²) in [6.07, 6.45) is -1.17. The van der Waals surface area contributed by atoms with E-state index in [2.05, 4.69) is 4.72 Å². The number of benzene rings is 1.